The van der Waals surface area contributed by atoms with Crippen molar-refractivity contribution in [2.75, 3.05) is 20.2 Å². The van der Waals surface area contributed by atoms with Crippen molar-refractivity contribution in [2.24, 2.45) is 5.92 Å². The van der Waals surface area contributed by atoms with E-state index in [9.17, 15) is 0 Å². The van der Waals surface area contributed by atoms with Crippen LogP contribution in [0, 0.1) is 5.92 Å². The molecule has 1 fully saturated rings. The molecule has 0 unspecified atom stereocenters. The van der Waals surface area contributed by atoms with Crippen molar-refractivity contribution in [1.82, 2.24) is 4.90 Å². The number of nitrogens with zero attached hydrogens (tertiary/aromatic N) is 1. The van der Waals surface area contributed by atoms with Crippen LogP contribution in [-0.4, -0.2) is 35.7 Å². The van der Waals surface area contributed by atoms with E-state index in [0.717, 1.165) is 6.54 Å². The third-order valence-corrected chi connectivity index (χ3v) is 3.00. The molecule has 1 heterocycles. The first kappa shape index (κ1) is 6.38. The lowest BCUT2D eigenvalue weighted by atomic mass is 9.76. The average molecular weight is 139 g/mol. The van der Waals surface area contributed by atoms with Gasteiger partial charge in [0.2, 0.25) is 0 Å². The number of aliphatic hydroxyl groups is 1. The summed E-state index contributed by atoms with van der Waals surface area (Å²) in [7, 11) is 2.08. The molecule has 0 aromatic heterocycles. The van der Waals surface area contributed by atoms with Crippen molar-refractivity contribution in [2.45, 2.75) is 12.0 Å². The van der Waals surface area contributed by atoms with E-state index in [1.807, 2.05) is 0 Å². The van der Waals surface area contributed by atoms with Crippen molar-refractivity contribution in [3.05, 3.63) is 12.2 Å². The smallest absolute Gasteiger partial charge is 0.0685 e. The molecule has 2 nitrogen and oxygen atoms in total. The number of likely N-dealkylation sites (tertiary alicyclic amines) is 1. The Morgan fingerprint density at radius 3 is 2.90 bits per heavy atom. The van der Waals surface area contributed by atoms with Crippen molar-refractivity contribution < 1.29 is 5.11 Å². The van der Waals surface area contributed by atoms with Crippen LogP contribution in [0.25, 0.3) is 0 Å². The van der Waals surface area contributed by atoms with Gasteiger partial charge in [-0.05, 0) is 20.0 Å². The summed E-state index contributed by atoms with van der Waals surface area (Å²) >= 11 is 0. The lowest BCUT2D eigenvalue weighted by Gasteiger charge is -2.41. The molecule has 1 saturated heterocycles. The summed E-state index contributed by atoms with van der Waals surface area (Å²) in [6.07, 6.45) is 5.55. The molecule has 2 atom stereocenters. The Labute approximate surface area is 61.1 Å². The molecule has 0 aromatic carbocycles. The van der Waals surface area contributed by atoms with Crippen molar-refractivity contribution in [1.29, 1.82) is 0 Å². The van der Waals surface area contributed by atoms with Crippen LogP contribution >= 0.6 is 0 Å². The summed E-state index contributed by atoms with van der Waals surface area (Å²) in [5.74, 6) is 0.627. The highest BCUT2D eigenvalue weighted by molar-refractivity contribution is 5.28. The Morgan fingerprint density at radius 1 is 1.80 bits per heavy atom. The van der Waals surface area contributed by atoms with E-state index in [-0.39, 0.29) is 12.1 Å². The minimum absolute atomic E-state index is 0.0417. The van der Waals surface area contributed by atoms with Crippen LogP contribution in [0.5, 0.6) is 0 Å². The monoisotopic (exact) mass is 139 g/mol. The van der Waals surface area contributed by atoms with Gasteiger partial charge in [0.25, 0.3) is 0 Å². The minimum Gasteiger partial charge on any atom is -0.394 e. The van der Waals surface area contributed by atoms with Gasteiger partial charge in [-0.25, -0.2) is 0 Å². The first-order chi connectivity index (χ1) is 4.79. The van der Waals surface area contributed by atoms with E-state index in [4.69, 9.17) is 5.11 Å². The maximum Gasteiger partial charge on any atom is 0.0685 e. The third kappa shape index (κ3) is 0.516. The van der Waals surface area contributed by atoms with Gasteiger partial charge in [-0.2, -0.15) is 0 Å². The summed E-state index contributed by atoms with van der Waals surface area (Å²) in [5.41, 5.74) is 0.0417. The molecule has 56 valence electrons. The molecular formula is C8H13NO. The first-order valence-corrected chi connectivity index (χ1v) is 3.81. The molecule has 2 aliphatic rings. The molecule has 2 heteroatoms. The highest BCUT2D eigenvalue weighted by atomic mass is 16.3. The van der Waals surface area contributed by atoms with Crippen LogP contribution < -0.4 is 0 Å². The molecule has 0 aromatic rings. The van der Waals surface area contributed by atoms with Gasteiger partial charge in [0.15, 0.2) is 0 Å². The fraction of sp³-hybridized carbons (Fsp3) is 0.750. The molecule has 0 spiro atoms. The van der Waals surface area contributed by atoms with Crippen LogP contribution in [0.4, 0.5) is 0 Å². The number of likely N-dealkylation sites (N-methyl/N-ethyl adjacent to an activating group) is 1. The summed E-state index contributed by atoms with van der Waals surface area (Å²) in [6, 6.07) is 0. The molecule has 1 aliphatic carbocycles. The second-order valence-corrected chi connectivity index (χ2v) is 3.33. The standard InChI is InChI=1S/C8H13NO/c1-9-5-3-7-2-4-8(7,9)6-10/h2,4,7,10H,3,5-6H2,1H3/t7-,8+/m1/s1. The predicted molar refractivity (Wildman–Crippen MR) is 39.7 cm³/mol. The van der Waals surface area contributed by atoms with E-state index in [1.165, 1.54) is 6.42 Å². The number of aliphatic hydroxyl groups excluding tert-OH is 1. The topological polar surface area (TPSA) is 23.5 Å². The predicted octanol–water partition coefficient (Wildman–Crippen LogP) is 0.239. The fourth-order valence-electron chi connectivity index (χ4n) is 2.04. The molecule has 0 radical (unpaired) electrons. The zero-order valence-corrected chi connectivity index (χ0v) is 6.25. The van der Waals surface area contributed by atoms with Crippen LogP contribution in [-0.2, 0) is 0 Å². The van der Waals surface area contributed by atoms with Gasteiger partial charge in [0.1, 0.15) is 0 Å². The van der Waals surface area contributed by atoms with E-state index in [2.05, 4.69) is 24.1 Å². The Morgan fingerprint density at radius 2 is 2.60 bits per heavy atom. The zero-order valence-electron chi connectivity index (χ0n) is 6.25. The Hall–Kier alpha value is -0.340. The maximum absolute atomic E-state index is 9.12. The van der Waals surface area contributed by atoms with Crippen LogP contribution in [0.2, 0.25) is 0 Å². The normalized spacial score (nSPS) is 45.2. The van der Waals surface area contributed by atoms with E-state index in [1.54, 1.807) is 0 Å². The Bertz CT molecular complexity index is 178. The van der Waals surface area contributed by atoms with Crippen molar-refractivity contribution >= 4 is 0 Å². The number of rotatable bonds is 1. The number of hydrogen-bond acceptors (Lipinski definition) is 2. The minimum atomic E-state index is 0.0417. The van der Waals surface area contributed by atoms with Crippen molar-refractivity contribution in [3.63, 3.8) is 0 Å². The summed E-state index contributed by atoms with van der Waals surface area (Å²) < 4.78 is 0. The lowest BCUT2D eigenvalue weighted by molar-refractivity contribution is 0.0899. The Balaban J connectivity index is 2.26. The molecule has 10 heavy (non-hydrogen) atoms. The van der Waals surface area contributed by atoms with Crippen LogP contribution in [0.1, 0.15) is 6.42 Å². The second-order valence-electron chi connectivity index (χ2n) is 3.33. The van der Waals surface area contributed by atoms with Gasteiger partial charge in [-0.3, -0.25) is 4.90 Å². The largest absolute Gasteiger partial charge is 0.394 e. The maximum atomic E-state index is 9.12. The molecule has 0 saturated carbocycles. The van der Waals surface area contributed by atoms with E-state index >= 15 is 0 Å². The van der Waals surface area contributed by atoms with Gasteiger partial charge in [0, 0.05) is 5.92 Å². The second kappa shape index (κ2) is 1.83. The van der Waals surface area contributed by atoms with Crippen LogP contribution in [0.15, 0.2) is 12.2 Å². The summed E-state index contributed by atoms with van der Waals surface area (Å²) in [6.45, 7) is 1.41. The average Bonchev–Trinajstić information content (AvgIpc) is 2.06. The van der Waals surface area contributed by atoms with Gasteiger partial charge in [-0.1, -0.05) is 12.2 Å². The Kier molecular flexibility index (Phi) is 1.17. The molecule has 1 aliphatic heterocycles. The molecule has 0 amide bonds. The molecule has 2 rings (SSSR count). The quantitative estimate of drug-likeness (QED) is 0.526. The SMILES string of the molecule is CN1CC[C@H]2C=C[C@]21CO. The van der Waals surface area contributed by atoms with Crippen molar-refractivity contribution in [3.8, 4) is 0 Å². The van der Waals surface area contributed by atoms with Gasteiger partial charge in [-0.15, -0.1) is 0 Å². The summed E-state index contributed by atoms with van der Waals surface area (Å²) in [5, 5.41) is 9.12. The van der Waals surface area contributed by atoms with Gasteiger partial charge >= 0.3 is 0 Å². The lowest BCUT2D eigenvalue weighted by Crippen LogP contribution is -2.51. The zero-order chi connectivity index (χ0) is 7.19. The van der Waals surface area contributed by atoms with E-state index < -0.39 is 0 Å². The highest BCUT2D eigenvalue weighted by Crippen LogP contribution is 2.42. The fourth-order valence-corrected chi connectivity index (χ4v) is 2.04. The first-order valence-electron chi connectivity index (χ1n) is 3.81. The molecular weight excluding hydrogens is 126 g/mol. The van der Waals surface area contributed by atoms with Gasteiger partial charge < -0.3 is 5.11 Å². The number of fused-ring (bicyclic) bond motifs is 1. The molecule has 0 bridgehead atoms. The van der Waals surface area contributed by atoms with Gasteiger partial charge in [0.05, 0.1) is 12.1 Å². The third-order valence-electron chi connectivity index (χ3n) is 3.00. The summed E-state index contributed by atoms with van der Waals surface area (Å²) in [4.78, 5) is 2.25. The number of hydrogen-bond donors (Lipinski definition) is 1. The highest BCUT2D eigenvalue weighted by Gasteiger charge is 2.48. The van der Waals surface area contributed by atoms with E-state index in [0.29, 0.717) is 5.92 Å². The van der Waals surface area contributed by atoms with Crippen LogP contribution in [0.3, 0.4) is 0 Å². The molecule has 1 N–H and O–H groups in total.